The predicted octanol–water partition coefficient (Wildman–Crippen LogP) is 6.25. The quantitative estimate of drug-likeness (QED) is 0.318. The van der Waals surface area contributed by atoms with Crippen LogP contribution in [-0.2, 0) is 15.6 Å². The zero-order valence-corrected chi connectivity index (χ0v) is 19.0. The van der Waals surface area contributed by atoms with Crippen molar-refractivity contribution in [2.75, 3.05) is 0 Å². The van der Waals surface area contributed by atoms with Crippen molar-refractivity contribution in [1.29, 1.82) is 0 Å². The van der Waals surface area contributed by atoms with Crippen LogP contribution in [0.15, 0.2) is 108 Å². The molecular weight excluding hydrogens is 428 g/mol. The predicted molar refractivity (Wildman–Crippen MR) is 132 cm³/mol. The Morgan fingerprint density at radius 1 is 0.758 bits per heavy atom. The standard InChI is InChI=1S/C28H22N2O2S/c1-20-16-22(21-6-3-2-4-7-21)10-12-26(20)28-9-5-8-23-17-25(11-13-27(23)28)33(31,32)18-24-14-15-29-19-30-24/h2-17,19H,18H2,1H3. The molecule has 4 nitrogen and oxygen atoms in total. The average molecular weight is 451 g/mol. The summed E-state index contributed by atoms with van der Waals surface area (Å²) in [5.41, 5.74) is 6.23. The minimum absolute atomic E-state index is 0.152. The Morgan fingerprint density at radius 3 is 2.36 bits per heavy atom. The Bertz CT molecular complexity index is 1550. The molecule has 4 aromatic carbocycles. The van der Waals surface area contributed by atoms with Gasteiger partial charge in [-0.1, -0.05) is 72.8 Å². The lowest BCUT2D eigenvalue weighted by molar-refractivity contribution is 0.594. The fourth-order valence-corrected chi connectivity index (χ4v) is 5.46. The summed E-state index contributed by atoms with van der Waals surface area (Å²) >= 11 is 0. The molecule has 0 aliphatic rings. The Morgan fingerprint density at radius 2 is 1.61 bits per heavy atom. The number of sulfone groups is 1. The van der Waals surface area contributed by atoms with Gasteiger partial charge in [-0.05, 0) is 63.7 Å². The molecule has 5 rings (SSSR count). The van der Waals surface area contributed by atoms with Crippen LogP contribution in [0.25, 0.3) is 33.0 Å². The lowest BCUT2D eigenvalue weighted by Gasteiger charge is -2.13. The zero-order chi connectivity index (χ0) is 22.8. The Kier molecular flexibility index (Phi) is 5.48. The van der Waals surface area contributed by atoms with Gasteiger partial charge in [0.15, 0.2) is 9.84 Å². The van der Waals surface area contributed by atoms with Crippen molar-refractivity contribution in [3.05, 3.63) is 115 Å². The third-order valence-corrected chi connectivity index (χ3v) is 7.46. The maximum Gasteiger partial charge on any atom is 0.184 e. The van der Waals surface area contributed by atoms with E-state index in [9.17, 15) is 8.42 Å². The van der Waals surface area contributed by atoms with Crippen LogP contribution in [-0.4, -0.2) is 18.4 Å². The number of aromatic nitrogens is 2. The van der Waals surface area contributed by atoms with Crippen LogP contribution in [0, 0.1) is 6.92 Å². The van der Waals surface area contributed by atoms with Crippen LogP contribution in [0.5, 0.6) is 0 Å². The molecule has 5 aromatic rings. The van der Waals surface area contributed by atoms with E-state index in [-0.39, 0.29) is 5.75 Å². The van der Waals surface area contributed by atoms with E-state index < -0.39 is 9.84 Å². The van der Waals surface area contributed by atoms with Gasteiger partial charge in [0, 0.05) is 6.20 Å². The molecule has 0 fully saturated rings. The molecule has 162 valence electrons. The highest BCUT2D eigenvalue weighted by atomic mass is 32.2. The average Bonchev–Trinajstić information content (AvgIpc) is 2.84. The first-order chi connectivity index (χ1) is 16.0. The van der Waals surface area contributed by atoms with E-state index in [4.69, 9.17) is 0 Å². The first-order valence-corrected chi connectivity index (χ1v) is 12.3. The lowest BCUT2D eigenvalue weighted by atomic mass is 9.92. The number of nitrogens with zero attached hydrogens (tertiary/aromatic N) is 2. The van der Waals surface area contributed by atoms with E-state index in [1.165, 1.54) is 23.0 Å². The molecule has 1 aromatic heterocycles. The number of hydrogen-bond donors (Lipinski definition) is 0. The highest BCUT2D eigenvalue weighted by Gasteiger charge is 2.17. The summed E-state index contributed by atoms with van der Waals surface area (Å²) in [5.74, 6) is -0.152. The second kappa shape index (κ2) is 8.60. The third kappa shape index (κ3) is 4.28. The van der Waals surface area contributed by atoms with E-state index in [0.29, 0.717) is 10.6 Å². The normalized spacial score (nSPS) is 11.5. The number of hydrogen-bond acceptors (Lipinski definition) is 4. The van der Waals surface area contributed by atoms with Crippen LogP contribution in [0.2, 0.25) is 0 Å². The second-order valence-electron chi connectivity index (χ2n) is 8.04. The van der Waals surface area contributed by atoms with E-state index in [0.717, 1.165) is 21.9 Å². The molecule has 0 amide bonds. The van der Waals surface area contributed by atoms with Gasteiger partial charge >= 0.3 is 0 Å². The minimum Gasteiger partial charge on any atom is -0.245 e. The summed E-state index contributed by atoms with van der Waals surface area (Å²) in [6.07, 6.45) is 2.92. The monoisotopic (exact) mass is 450 g/mol. The molecule has 0 aliphatic carbocycles. The van der Waals surface area contributed by atoms with Crippen molar-refractivity contribution in [2.45, 2.75) is 17.6 Å². The van der Waals surface area contributed by atoms with Gasteiger partial charge in [0.1, 0.15) is 6.33 Å². The molecule has 0 saturated heterocycles. The SMILES string of the molecule is Cc1cc(-c2ccccc2)ccc1-c1cccc2cc(S(=O)(=O)Cc3ccncn3)ccc12. The van der Waals surface area contributed by atoms with Gasteiger partial charge in [0.05, 0.1) is 16.3 Å². The molecule has 5 heteroatoms. The number of benzene rings is 4. The van der Waals surface area contributed by atoms with Gasteiger partial charge in [0.25, 0.3) is 0 Å². The molecule has 0 bridgehead atoms. The summed E-state index contributed by atoms with van der Waals surface area (Å²) in [6, 6.07) is 29.8. The van der Waals surface area contributed by atoms with Gasteiger partial charge < -0.3 is 0 Å². The molecule has 0 unspecified atom stereocenters. The zero-order valence-electron chi connectivity index (χ0n) is 18.1. The van der Waals surface area contributed by atoms with E-state index in [2.05, 4.69) is 53.3 Å². The molecule has 0 N–H and O–H groups in total. The molecular formula is C28H22N2O2S. The Labute approximate surface area is 193 Å². The van der Waals surface area contributed by atoms with Crippen LogP contribution in [0.3, 0.4) is 0 Å². The number of aryl methyl sites for hydroxylation is 1. The van der Waals surface area contributed by atoms with Gasteiger partial charge in [0.2, 0.25) is 0 Å². The maximum absolute atomic E-state index is 13.0. The molecule has 1 heterocycles. The molecule has 0 radical (unpaired) electrons. The smallest absolute Gasteiger partial charge is 0.184 e. The van der Waals surface area contributed by atoms with E-state index >= 15 is 0 Å². The van der Waals surface area contributed by atoms with Crippen molar-refractivity contribution in [3.8, 4) is 22.3 Å². The van der Waals surface area contributed by atoms with Crippen LogP contribution >= 0.6 is 0 Å². The highest BCUT2D eigenvalue weighted by molar-refractivity contribution is 7.90. The van der Waals surface area contributed by atoms with Gasteiger partial charge in [-0.2, -0.15) is 0 Å². The first-order valence-electron chi connectivity index (χ1n) is 10.7. The minimum atomic E-state index is -3.52. The van der Waals surface area contributed by atoms with Crippen molar-refractivity contribution < 1.29 is 8.42 Å². The number of fused-ring (bicyclic) bond motifs is 1. The highest BCUT2D eigenvalue weighted by Crippen LogP contribution is 2.34. The van der Waals surface area contributed by atoms with Crippen molar-refractivity contribution in [1.82, 2.24) is 9.97 Å². The van der Waals surface area contributed by atoms with E-state index in [1.54, 1.807) is 24.4 Å². The van der Waals surface area contributed by atoms with Crippen LogP contribution < -0.4 is 0 Å². The second-order valence-corrected chi connectivity index (χ2v) is 10.0. The summed E-state index contributed by atoms with van der Waals surface area (Å²) in [4.78, 5) is 8.20. The molecule has 0 spiro atoms. The summed E-state index contributed by atoms with van der Waals surface area (Å²) in [7, 11) is -3.52. The maximum atomic E-state index is 13.0. The molecule has 0 aliphatic heterocycles. The molecule has 33 heavy (non-hydrogen) atoms. The lowest BCUT2D eigenvalue weighted by Crippen LogP contribution is -2.06. The summed E-state index contributed by atoms with van der Waals surface area (Å²) in [6.45, 7) is 2.11. The van der Waals surface area contributed by atoms with Gasteiger partial charge in [-0.3, -0.25) is 0 Å². The largest absolute Gasteiger partial charge is 0.245 e. The summed E-state index contributed by atoms with van der Waals surface area (Å²) < 4.78 is 25.9. The van der Waals surface area contributed by atoms with Crippen molar-refractivity contribution in [2.24, 2.45) is 0 Å². The van der Waals surface area contributed by atoms with Gasteiger partial charge in [-0.15, -0.1) is 0 Å². The molecule has 0 atom stereocenters. The first kappa shape index (κ1) is 21.0. The van der Waals surface area contributed by atoms with Gasteiger partial charge in [-0.25, -0.2) is 18.4 Å². The number of rotatable bonds is 5. The summed E-state index contributed by atoms with van der Waals surface area (Å²) in [5, 5.41) is 1.91. The fourth-order valence-electron chi connectivity index (χ4n) is 4.15. The van der Waals surface area contributed by atoms with Crippen molar-refractivity contribution >= 4 is 20.6 Å². The topological polar surface area (TPSA) is 59.9 Å². The van der Waals surface area contributed by atoms with E-state index in [1.807, 2.05) is 36.4 Å². The van der Waals surface area contributed by atoms with Crippen LogP contribution in [0.4, 0.5) is 0 Å². The Balaban J connectivity index is 1.53. The Hall–Kier alpha value is -3.83. The van der Waals surface area contributed by atoms with Crippen molar-refractivity contribution in [3.63, 3.8) is 0 Å². The third-order valence-electron chi connectivity index (χ3n) is 5.82. The fraction of sp³-hybridized carbons (Fsp3) is 0.0714. The van der Waals surface area contributed by atoms with Crippen LogP contribution in [0.1, 0.15) is 11.3 Å². The molecule has 0 saturated carbocycles.